The minimum absolute atomic E-state index is 0.0656. The van der Waals surface area contributed by atoms with Crippen LogP contribution in [-0.4, -0.2) is 47.1 Å². The molecular formula is C28H31N3O2S2. The highest BCUT2D eigenvalue weighted by Gasteiger charge is 2.27. The van der Waals surface area contributed by atoms with Gasteiger partial charge in [-0.05, 0) is 66.8 Å². The second kappa shape index (κ2) is 12.7. The summed E-state index contributed by atoms with van der Waals surface area (Å²) in [4.78, 5) is 33.6. The lowest BCUT2D eigenvalue weighted by Gasteiger charge is -2.32. The summed E-state index contributed by atoms with van der Waals surface area (Å²) in [5.41, 5.74) is 3.57. The molecule has 1 N–H and O–H groups in total. The number of carbonyl (C=O) groups is 2. The van der Waals surface area contributed by atoms with Gasteiger partial charge in [-0.25, -0.2) is 0 Å². The van der Waals surface area contributed by atoms with Gasteiger partial charge in [0, 0.05) is 36.1 Å². The van der Waals surface area contributed by atoms with E-state index < -0.39 is 0 Å². The van der Waals surface area contributed by atoms with Crippen molar-refractivity contribution in [1.82, 2.24) is 15.2 Å². The number of carbonyl (C=O) groups excluding carboxylic acids is 2. The standard InChI is InChI=1S/C28H31N3O2S2/c1-21-9-10-25(28(33)29-15-11-24-8-5-18-35-24)27(30-21)23-12-16-31(17-13-23)26(32)20-34-19-14-22-6-3-2-4-7-22/h2-10,14,18-19,23H,11-13,15-17,20H2,1H3,(H,29,33). The number of thiophene rings is 1. The van der Waals surface area contributed by atoms with E-state index in [0.717, 1.165) is 36.2 Å². The quantitative estimate of drug-likeness (QED) is 0.415. The summed E-state index contributed by atoms with van der Waals surface area (Å²) in [6, 6.07) is 18.0. The number of thioether (sulfide) groups is 1. The lowest BCUT2D eigenvalue weighted by Crippen LogP contribution is -2.39. The number of aryl methyl sites for hydroxylation is 1. The van der Waals surface area contributed by atoms with Crippen molar-refractivity contribution in [2.75, 3.05) is 25.4 Å². The molecule has 3 heterocycles. The monoisotopic (exact) mass is 505 g/mol. The maximum atomic E-state index is 12.9. The van der Waals surface area contributed by atoms with Crippen LogP contribution in [0.5, 0.6) is 0 Å². The Morgan fingerprint density at radius 3 is 2.66 bits per heavy atom. The Morgan fingerprint density at radius 1 is 1.11 bits per heavy atom. The zero-order valence-corrected chi connectivity index (χ0v) is 21.6. The van der Waals surface area contributed by atoms with Gasteiger partial charge in [-0.1, -0.05) is 36.4 Å². The lowest BCUT2D eigenvalue weighted by atomic mass is 9.90. The number of benzene rings is 1. The molecule has 5 nitrogen and oxygen atoms in total. The molecule has 4 rings (SSSR count). The van der Waals surface area contributed by atoms with Crippen molar-refractivity contribution in [3.05, 3.63) is 92.8 Å². The summed E-state index contributed by atoms with van der Waals surface area (Å²) < 4.78 is 0. The van der Waals surface area contributed by atoms with Crippen molar-refractivity contribution in [2.24, 2.45) is 0 Å². The van der Waals surface area contributed by atoms with Gasteiger partial charge in [0.2, 0.25) is 5.91 Å². The first-order valence-electron chi connectivity index (χ1n) is 12.0. The molecule has 1 aliphatic heterocycles. The van der Waals surface area contributed by atoms with Crippen LogP contribution >= 0.6 is 23.1 Å². The van der Waals surface area contributed by atoms with Crippen LogP contribution in [0, 0.1) is 6.92 Å². The van der Waals surface area contributed by atoms with Crippen LogP contribution in [0.3, 0.4) is 0 Å². The van der Waals surface area contributed by atoms with Crippen molar-refractivity contribution in [2.45, 2.75) is 32.1 Å². The third kappa shape index (κ3) is 7.29. The topological polar surface area (TPSA) is 62.3 Å². The van der Waals surface area contributed by atoms with Crippen molar-refractivity contribution >= 4 is 41.0 Å². The third-order valence-electron chi connectivity index (χ3n) is 6.14. The molecule has 1 aromatic carbocycles. The van der Waals surface area contributed by atoms with E-state index in [1.165, 1.54) is 16.6 Å². The second-order valence-corrected chi connectivity index (χ2v) is 10.6. The summed E-state index contributed by atoms with van der Waals surface area (Å²) in [7, 11) is 0. The van der Waals surface area contributed by atoms with Crippen molar-refractivity contribution < 1.29 is 9.59 Å². The third-order valence-corrected chi connectivity index (χ3v) is 7.82. The van der Waals surface area contributed by atoms with E-state index in [1.807, 2.05) is 71.8 Å². The molecule has 7 heteroatoms. The summed E-state index contributed by atoms with van der Waals surface area (Å²) in [5, 5.41) is 7.10. The van der Waals surface area contributed by atoms with Gasteiger partial charge < -0.3 is 10.2 Å². The zero-order valence-electron chi connectivity index (χ0n) is 20.0. The molecule has 3 aromatic rings. The number of amides is 2. The number of piperidine rings is 1. The molecule has 1 aliphatic rings. The molecule has 182 valence electrons. The first-order valence-corrected chi connectivity index (χ1v) is 13.9. The van der Waals surface area contributed by atoms with E-state index >= 15 is 0 Å². The molecule has 1 fully saturated rings. The highest BCUT2D eigenvalue weighted by atomic mass is 32.2. The summed E-state index contributed by atoms with van der Waals surface area (Å²) in [6.07, 6.45) is 4.50. The van der Waals surface area contributed by atoms with Gasteiger partial charge in [-0.15, -0.1) is 23.1 Å². The van der Waals surface area contributed by atoms with Crippen LogP contribution in [0.25, 0.3) is 6.08 Å². The van der Waals surface area contributed by atoms with Gasteiger partial charge in [0.15, 0.2) is 0 Å². The number of nitrogens with one attached hydrogen (secondary N) is 1. The highest BCUT2D eigenvalue weighted by molar-refractivity contribution is 8.02. The molecule has 0 spiro atoms. The Labute approximate surface area is 215 Å². The first kappa shape index (κ1) is 25.2. The summed E-state index contributed by atoms with van der Waals surface area (Å²) in [6.45, 7) is 3.96. The lowest BCUT2D eigenvalue weighted by molar-refractivity contribution is -0.129. The Bertz CT molecular complexity index is 1140. The van der Waals surface area contributed by atoms with Crippen LogP contribution in [0.15, 0.2) is 65.4 Å². The molecule has 0 unspecified atom stereocenters. The summed E-state index contributed by atoms with van der Waals surface area (Å²) >= 11 is 3.23. The fourth-order valence-electron chi connectivity index (χ4n) is 4.23. The van der Waals surface area contributed by atoms with Crippen molar-refractivity contribution in [1.29, 1.82) is 0 Å². The maximum Gasteiger partial charge on any atom is 0.253 e. The molecule has 0 atom stereocenters. The Balaban J connectivity index is 1.28. The van der Waals surface area contributed by atoms with Crippen LogP contribution < -0.4 is 5.32 Å². The van der Waals surface area contributed by atoms with E-state index in [2.05, 4.69) is 16.8 Å². The molecule has 0 bridgehead atoms. The van der Waals surface area contributed by atoms with Gasteiger partial charge in [0.25, 0.3) is 5.91 Å². The summed E-state index contributed by atoms with van der Waals surface area (Å²) in [5.74, 6) is 0.718. The van der Waals surface area contributed by atoms with Crippen LogP contribution in [-0.2, 0) is 11.2 Å². The fraction of sp³-hybridized carbons (Fsp3) is 0.321. The van der Waals surface area contributed by atoms with Crippen LogP contribution in [0.1, 0.15) is 50.9 Å². The first-order chi connectivity index (χ1) is 17.1. The second-order valence-electron chi connectivity index (χ2n) is 8.65. The largest absolute Gasteiger partial charge is 0.352 e. The molecular weight excluding hydrogens is 474 g/mol. The normalized spacial score (nSPS) is 14.4. The number of hydrogen-bond donors (Lipinski definition) is 1. The molecule has 35 heavy (non-hydrogen) atoms. The highest BCUT2D eigenvalue weighted by Crippen LogP contribution is 2.30. The maximum absolute atomic E-state index is 12.9. The Kier molecular flexibility index (Phi) is 9.15. The molecule has 0 radical (unpaired) electrons. The molecule has 0 aliphatic carbocycles. The number of hydrogen-bond acceptors (Lipinski definition) is 5. The van der Waals surface area contributed by atoms with Gasteiger partial charge in [0.05, 0.1) is 17.0 Å². The van der Waals surface area contributed by atoms with Gasteiger partial charge >= 0.3 is 0 Å². The van der Waals surface area contributed by atoms with Gasteiger partial charge in [-0.3, -0.25) is 14.6 Å². The van der Waals surface area contributed by atoms with E-state index in [1.54, 1.807) is 11.3 Å². The Hall–Kier alpha value is -2.90. The predicted molar refractivity (Wildman–Crippen MR) is 146 cm³/mol. The number of rotatable bonds is 9. The van der Waals surface area contributed by atoms with E-state index in [-0.39, 0.29) is 17.7 Å². The van der Waals surface area contributed by atoms with Crippen molar-refractivity contribution in [3.63, 3.8) is 0 Å². The Morgan fingerprint density at radius 2 is 1.91 bits per heavy atom. The van der Waals surface area contributed by atoms with E-state index in [0.29, 0.717) is 31.0 Å². The number of pyridine rings is 1. The smallest absolute Gasteiger partial charge is 0.253 e. The predicted octanol–water partition coefficient (Wildman–Crippen LogP) is 5.53. The van der Waals surface area contributed by atoms with Gasteiger partial charge in [-0.2, -0.15) is 0 Å². The number of likely N-dealkylation sites (tertiary alicyclic amines) is 1. The fourth-order valence-corrected chi connectivity index (χ4v) is 5.62. The average molecular weight is 506 g/mol. The zero-order chi connectivity index (χ0) is 24.5. The minimum atomic E-state index is -0.0656. The van der Waals surface area contributed by atoms with E-state index in [9.17, 15) is 9.59 Å². The molecule has 2 aromatic heterocycles. The van der Waals surface area contributed by atoms with Crippen LogP contribution in [0.4, 0.5) is 0 Å². The molecule has 0 saturated carbocycles. The van der Waals surface area contributed by atoms with Crippen LogP contribution in [0.2, 0.25) is 0 Å². The molecule has 1 saturated heterocycles. The van der Waals surface area contributed by atoms with Gasteiger partial charge in [0.1, 0.15) is 0 Å². The molecule has 2 amide bonds. The number of aromatic nitrogens is 1. The number of nitrogens with zero attached hydrogens (tertiary/aromatic N) is 2. The average Bonchev–Trinajstić information content (AvgIpc) is 3.41. The minimum Gasteiger partial charge on any atom is -0.352 e. The van der Waals surface area contributed by atoms with Crippen molar-refractivity contribution in [3.8, 4) is 0 Å². The SMILES string of the molecule is Cc1ccc(C(=O)NCCc2cccs2)c(C2CCN(C(=O)CSC=Cc3ccccc3)CC2)n1. The van der Waals surface area contributed by atoms with E-state index in [4.69, 9.17) is 4.98 Å².